The molecule has 1 fully saturated rings. The van der Waals surface area contributed by atoms with Crippen molar-refractivity contribution in [1.29, 1.82) is 0 Å². The number of amides is 1. The van der Waals surface area contributed by atoms with Crippen molar-refractivity contribution in [3.05, 3.63) is 53.7 Å². The third-order valence-electron chi connectivity index (χ3n) is 7.34. The van der Waals surface area contributed by atoms with E-state index in [1.54, 1.807) is 13.8 Å². The zero-order chi connectivity index (χ0) is 29.5. The molecule has 12 nitrogen and oxygen atoms in total. The Labute approximate surface area is 238 Å². The Hall–Kier alpha value is -3.29. The number of fused-ring (bicyclic) bond motifs is 1. The predicted molar refractivity (Wildman–Crippen MR) is 149 cm³/mol. The highest BCUT2D eigenvalue weighted by atomic mass is 16.6. The molecular weight excluding hydrogens is 532 g/mol. The molecule has 0 spiro atoms. The van der Waals surface area contributed by atoms with Gasteiger partial charge in [0.1, 0.15) is 30.5 Å². The van der Waals surface area contributed by atoms with Gasteiger partial charge in [-0.3, -0.25) is 4.79 Å². The molecule has 224 valence electrons. The second kappa shape index (κ2) is 14.1. The molecule has 4 rings (SSSR count). The van der Waals surface area contributed by atoms with Crippen molar-refractivity contribution in [1.82, 2.24) is 20.3 Å². The van der Waals surface area contributed by atoms with Crippen molar-refractivity contribution in [3.8, 4) is 0 Å². The van der Waals surface area contributed by atoms with Crippen LogP contribution in [0.4, 0.5) is 0 Å². The van der Waals surface area contributed by atoms with Crippen LogP contribution in [0, 0.1) is 6.92 Å². The van der Waals surface area contributed by atoms with Crippen molar-refractivity contribution in [2.24, 2.45) is 0 Å². The van der Waals surface area contributed by atoms with E-state index < -0.39 is 48.7 Å². The number of hydrogen-bond donors (Lipinski definition) is 6. The van der Waals surface area contributed by atoms with Gasteiger partial charge in [0.15, 0.2) is 6.10 Å². The lowest BCUT2D eigenvalue weighted by atomic mass is 9.84. The fourth-order valence-electron chi connectivity index (χ4n) is 5.16. The monoisotopic (exact) mass is 572 g/mol. The quantitative estimate of drug-likeness (QED) is 0.132. The molecule has 41 heavy (non-hydrogen) atoms. The number of carbonyl (C=O) groups excluding carboxylic acids is 2. The van der Waals surface area contributed by atoms with Gasteiger partial charge in [-0.15, -0.1) is 0 Å². The van der Waals surface area contributed by atoms with E-state index in [0.29, 0.717) is 18.7 Å². The van der Waals surface area contributed by atoms with E-state index in [4.69, 9.17) is 14.2 Å². The van der Waals surface area contributed by atoms with Gasteiger partial charge in [-0.25, -0.2) is 9.78 Å². The van der Waals surface area contributed by atoms with Crippen LogP contribution in [0.1, 0.15) is 67.5 Å². The normalized spacial score (nSPS) is 25.2. The molecule has 1 amide bonds. The lowest BCUT2D eigenvalue weighted by Gasteiger charge is -2.45. The minimum atomic E-state index is -1.60. The number of H-pyrrole nitrogens is 2. The first-order valence-corrected chi connectivity index (χ1v) is 14.0. The molecule has 1 saturated carbocycles. The number of aliphatic hydroxyl groups excluding tert-OH is 3. The summed E-state index contributed by atoms with van der Waals surface area (Å²) in [5.41, 5.74) is 2.37. The van der Waals surface area contributed by atoms with Gasteiger partial charge in [0.2, 0.25) is 11.7 Å². The van der Waals surface area contributed by atoms with Crippen molar-refractivity contribution in [3.63, 3.8) is 0 Å². The number of imidazole rings is 1. The third kappa shape index (κ3) is 7.52. The number of aromatic nitrogens is 3. The maximum Gasteiger partial charge on any atom is 0.374 e. The van der Waals surface area contributed by atoms with Crippen LogP contribution in [0.3, 0.4) is 0 Å². The molecule has 0 saturated heterocycles. The molecule has 2 aromatic heterocycles. The minimum absolute atomic E-state index is 0.0637. The van der Waals surface area contributed by atoms with Crippen LogP contribution in [0.2, 0.25) is 0 Å². The summed E-state index contributed by atoms with van der Waals surface area (Å²) in [6.45, 7) is 5.84. The van der Waals surface area contributed by atoms with Crippen molar-refractivity contribution in [2.45, 2.75) is 89.2 Å². The number of nitrogens with one attached hydrogen (secondary N) is 3. The topological polar surface area (TPSA) is 179 Å². The van der Waals surface area contributed by atoms with Crippen molar-refractivity contribution < 1.29 is 39.1 Å². The van der Waals surface area contributed by atoms with E-state index in [2.05, 4.69) is 20.3 Å². The number of carbonyl (C=O) groups is 2. The largest absolute Gasteiger partial charge is 0.451 e. The Balaban J connectivity index is 1.46. The summed E-state index contributed by atoms with van der Waals surface area (Å²) in [7, 11) is 0. The summed E-state index contributed by atoms with van der Waals surface area (Å²) in [6.07, 6.45) is -2.48. The number of ether oxygens (including phenoxy) is 3. The number of para-hydroxylation sites is 1. The van der Waals surface area contributed by atoms with E-state index in [0.717, 1.165) is 35.7 Å². The van der Waals surface area contributed by atoms with Crippen molar-refractivity contribution >= 4 is 22.8 Å². The van der Waals surface area contributed by atoms with Gasteiger partial charge in [-0.05, 0) is 32.8 Å². The Morgan fingerprint density at radius 2 is 1.76 bits per heavy atom. The van der Waals surface area contributed by atoms with Gasteiger partial charge in [-0.1, -0.05) is 31.0 Å². The first kappa shape index (κ1) is 30.7. The van der Waals surface area contributed by atoms with Crippen LogP contribution in [-0.2, 0) is 19.0 Å². The van der Waals surface area contributed by atoms with Gasteiger partial charge >= 0.3 is 5.97 Å². The van der Waals surface area contributed by atoms with Crippen LogP contribution in [0.5, 0.6) is 0 Å². The summed E-state index contributed by atoms with van der Waals surface area (Å²) in [4.78, 5) is 33.8. The highest BCUT2D eigenvalue weighted by molar-refractivity contribution is 5.85. The Morgan fingerprint density at radius 1 is 1.02 bits per heavy atom. The molecule has 1 aliphatic carbocycles. The van der Waals surface area contributed by atoms with E-state index in [1.807, 2.05) is 30.5 Å². The number of esters is 1. The molecule has 2 heterocycles. The fourth-order valence-corrected chi connectivity index (χ4v) is 5.16. The third-order valence-corrected chi connectivity index (χ3v) is 7.34. The molecule has 6 N–H and O–H groups in total. The molecule has 0 radical (unpaired) electrons. The van der Waals surface area contributed by atoms with Crippen LogP contribution in [-0.4, -0.2) is 91.9 Å². The standard InChI is InChI=1S/C29H40N4O8/c1-16-14-32-28(33-16)29(38)41-26-23(36)22(35)25(39-13-9-5-4-8-12-30-18(3)34)24(37)27(26)40-17(2)20-15-31-21-11-7-6-10-19(20)21/h6-7,10-11,14-15,17,22-27,31,35-37H,4-5,8-9,12-13H2,1-3H3,(H,30,34)(H,32,33). The number of aliphatic hydroxyl groups is 3. The number of aryl methyl sites for hydroxylation is 1. The number of rotatable bonds is 13. The SMILES string of the molecule is CC(=O)NCCCCCCOC1C(O)C(O)C(OC(=O)c2ncc(C)[nH]2)C(OC(C)c2c[nH]c3ccccc23)C1O. The maximum absolute atomic E-state index is 12.9. The van der Waals surface area contributed by atoms with Gasteiger partial charge in [-0.2, -0.15) is 0 Å². The second-order valence-corrected chi connectivity index (χ2v) is 10.5. The van der Waals surface area contributed by atoms with Gasteiger partial charge in [0.25, 0.3) is 0 Å². The number of benzene rings is 1. The maximum atomic E-state index is 12.9. The van der Waals surface area contributed by atoms with Crippen LogP contribution >= 0.6 is 0 Å². The van der Waals surface area contributed by atoms with Gasteiger partial charge in [0, 0.05) is 54.6 Å². The first-order valence-electron chi connectivity index (χ1n) is 14.0. The summed E-state index contributed by atoms with van der Waals surface area (Å²) in [5, 5.41) is 37.1. The first-order chi connectivity index (χ1) is 19.7. The van der Waals surface area contributed by atoms with Crippen molar-refractivity contribution in [2.75, 3.05) is 13.2 Å². The molecule has 0 bridgehead atoms. The molecule has 1 aromatic carbocycles. The molecule has 7 atom stereocenters. The second-order valence-electron chi connectivity index (χ2n) is 10.5. The smallest absolute Gasteiger partial charge is 0.374 e. The summed E-state index contributed by atoms with van der Waals surface area (Å²) in [6, 6.07) is 7.69. The number of unbranched alkanes of at least 4 members (excludes halogenated alkanes) is 3. The molecule has 0 aliphatic heterocycles. The zero-order valence-corrected chi connectivity index (χ0v) is 23.6. The lowest BCUT2D eigenvalue weighted by Crippen LogP contribution is -2.66. The molecular formula is C29H40N4O8. The van der Waals surface area contributed by atoms with Crippen LogP contribution in [0.15, 0.2) is 36.7 Å². The highest BCUT2D eigenvalue weighted by Crippen LogP contribution is 2.34. The number of hydrogen-bond acceptors (Lipinski definition) is 9. The van der Waals surface area contributed by atoms with Gasteiger partial charge < -0.3 is 44.8 Å². The summed E-state index contributed by atoms with van der Waals surface area (Å²) >= 11 is 0. The van der Waals surface area contributed by atoms with E-state index >= 15 is 0 Å². The zero-order valence-electron chi connectivity index (χ0n) is 23.6. The van der Waals surface area contributed by atoms with E-state index in [9.17, 15) is 24.9 Å². The average Bonchev–Trinajstić information content (AvgIpc) is 3.58. The Bertz CT molecular complexity index is 1290. The fraction of sp³-hybridized carbons (Fsp3) is 0.552. The van der Waals surface area contributed by atoms with E-state index in [-0.39, 0.29) is 18.3 Å². The highest BCUT2D eigenvalue weighted by Gasteiger charge is 2.53. The number of nitrogens with zero attached hydrogens (tertiary/aromatic N) is 1. The lowest BCUT2D eigenvalue weighted by molar-refractivity contribution is -0.253. The van der Waals surface area contributed by atoms with E-state index in [1.165, 1.54) is 13.1 Å². The summed E-state index contributed by atoms with van der Waals surface area (Å²) < 4.78 is 17.7. The van der Waals surface area contributed by atoms with Crippen LogP contribution in [0.25, 0.3) is 10.9 Å². The molecule has 1 aliphatic rings. The predicted octanol–water partition coefficient (Wildman–Crippen LogP) is 2.05. The van der Waals surface area contributed by atoms with Gasteiger partial charge in [0.05, 0.1) is 6.10 Å². The summed E-state index contributed by atoms with van der Waals surface area (Å²) in [5.74, 6) is -0.987. The average molecular weight is 573 g/mol. The molecule has 7 unspecified atom stereocenters. The molecule has 12 heteroatoms. The molecule has 3 aromatic rings. The minimum Gasteiger partial charge on any atom is -0.451 e. The Kier molecular flexibility index (Phi) is 10.5. The van der Waals surface area contributed by atoms with Crippen LogP contribution < -0.4 is 5.32 Å². The Morgan fingerprint density at radius 3 is 2.49 bits per heavy atom. The number of aromatic amines is 2.